The highest BCUT2D eigenvalue weighted by Gasteiger charge is 2.05. The van der Waals surface area contributed by atoms with E-state index in [2.05, 4.69) is 21.0 Å². The smallest absolute Gasteiger partial charge is 0.197 e. The van der Waals surface area contributed by atoms with Gasteiger partial charge in [-0.05, 0) is 36.7 Å². The molecule has 0 aliphatic rings. The van der Waals surface area contributed by atoms with Gasteiger partial charge in [-0.15, -0.1) is 0 Å². The van der Waals surface area contributed by atoms with Gasteiger partial charge in [-0.25, -0.2) is 4.98 Å². The summed E-state index contributed by atoms with van der Waals surface area (Å²) >= 11 is 5.13. The summed E-state index contributed by atoms with van der Waals surface area (Å²) in [5.74, 6) is 0. The molecule has 0 aliphatic heterocycles. The molecule has 3 nitrogen and oxygen atoms in total. The van der Waals surface area contributed by atoms with Crippen LogP contribution >= 0.6 is 12.2 Å². The van der Waals surface area contributed by atoms with E-state index in [1.807, 2.05) is 37.4 Å². The number of aromatic amines is 1. The molecular weight excluding hydrogens is 242 g/mol. The Balaban J connectivity index is 2.34. The van der Waals surface area contributed by atoms with Crippen molar-refractivity contribution in [1.82, 2.24) is 15.0 Å². The van der Waals surface area contributed by atoms with Crippen molar-refractivity contribution in [1.29, 1.82) is 0 Å². The number of nitrogens with one attached hydrogen (secondary N) is 1. The molecule has 2 heterocycles. The number of hydrogen-bond acceptors (Lipinski definition) is 3. The Labute approximate surface area is 110 Å². The summed E-state index contributed by atoms with van der Waals surface area (Å²) in [4.78, 5) is 11.5. The van der Waals surface area contributed by atoms with Crippen LogP contribution in [0.3, 0.4) is 0 Å². The first-order valence-electron chi connectivity index (χ1n) is 5.65. The summed E-state index contributed by atoms with van der Waals surface area (Å²) < 4.78 is 0.510. The third-order valence-corrected chi connectivity index (χ3v) is 3.03. The first kappa shape index (κ1) is 11.0. The molecule has 1 aromatic carbocycles. The van der Waals surface area contributed by atoms with Gasteiger partial charge in [0.25, 0.3) is 0 Å². The second kappa shape index (κ2) is 4.31. The van der Waals surface area contributed by atoms with Crippen LogP contribution in [0.4, 0.5) is 0 Å². The Kier molecular flexibility index (Phi) is 2.64. The molecule has 0 radical (unpaired) electrons. The second-order valence-electron chi connectivity index (χ2n) is 4.16. The van der Waals surface area contributed by atoms with Crippen molar-refractivity contribution in [2.45, 2.75) is 6.92 Å². The van der Waals surface area contributed by atoms with Crippen LogP contribution in [0.1, 0.15) is 5.69 Å². The minimum absolute atomic E-state index is 0.510. The summed E-state index contributed by atoms with van der Waals surface area (Å²) in [7, 11) is 0. The molecule has 0 aliphatic carbocycles. The largest absolute Gasteiger partial charge is 0.335 e. The minimum Gasteiger partial charge on any atom is -0.335 e. The van der Waals surface area contributed by atoms with E-state index in [1.165, 1.54) is 0 Å². The average molecular weight is 253 g/mol. The van der Waals surface area contributed by atoms with Gasteiger partial charge in [-0.2, -0.15) is 0 Å². The van der Waals surface area contributed by atoms with Crippen molar-refractivity contribution >= 4 is 23.0 Å². The number of benzene rings is 1. The van der Waals surface area contributed by atoms with Crippen LogP contribution in [-0.2, 0) is 0 Å². The Hall–Kier alpha value is -2.07. The van der Waals surface area contributed by atoms with Gasteiger partial charge >= 0.3 is 0 Å². The highest BCUT2D eigenvalue weighted by atomic mass is 32.1. The molecule has 3 rings (SSSR count). The van der Waals surface area contributed by atoms with Crippen LogP contribution < -0.4 is 0 Å². The van der Waals surface area contributed by atoms with Gasteiger partial charge in [0.05, 0.1) is 5.69 Å². The summed E-state index contributed by atoms with van der Waals surface area (Å²) in [6.07, 6.45) is 3.65. The number of rotatable bonds is 1. The SMILES string of the molecule is Cc1cc(-c2cccc3cnccc23)nc(=S)[nH]1. The number of hydrogen-bond donors (Lipinski definition) is 1. The van der Waals surface area contributed by atoms with Crippen molar-refractivity contribution in [2.24, 2.45) is 0 Å². The lowest BCUT2D eigenvalue weighted by molar-refractivity contribution is 1.08. The zero-order valence-corrected chi connectivity index (χ0v) is 10.7. The van der Waals surface area contributed by atoms with E-state index >= 15 is 0 Å². The van der Waals surface area contributed by atoms with E-state index in [4.69, 9.17) is 12.2 Å². The number of nitrogens with zero attached hydrogens (tertiary/aromatic N) is 2. The van der Waals surface area contributed by atoms with Gasteiger partial charge < -0.3 is 4.98 Å². The van der Waals surface area contributed by atoms with Gasteiger partial charge in [0.15, 0.2) is 4.77 Å². The van der Waals surface area contributed by atoms with Crippen LogP contribution in [0.5, 0.6) is 0 Å². The van der Waals surface area contributed by atoms with Crippen molar-refractivity contribution in [3.63, 3.8) is 0 Å². The van der Waals surface area contributed by atoms with Crippen LogP contribution in [0.15, 0.2) is 42.7 Å². The minimum atomic E-state index is 0.510. The Bertz CT molecular complexity index is 772. The second-order valence-corrected chi connectivity index (χ2v) is 4.54. The molecule has 0 amide bonds. The molecule has 0 atom stereocenters. The maximum atomic E-state index is 5.13. The maximum Gasteiger partial charge on any atom is 0.197 e. The van der Waals surface area contributed by atoms with Gasteiger partial charge in [-0.3, -0.25) is 4.98 Å². The fraction of sp³-hybridized carbons (Fsp3) is 0.0714. The van der Waals surface area contributed by atoms with Crippen molar-refractivity contribution in [2.75, 3.05) is 0 Å². The van der Waals surface area contributed by atoms with E-state index in [0.29, 0.717) is 4.77 Å². The lowest BCUT2D eigenvalue weighted by Crippen LogP contribution is -1.91. The first-order chi connectivity index (χ1) is 8.74. The first-order valence-corrected chi connectivity index (χ1v) is 6.06. The van der Waals surface area contributed by atoms with Gasteiger partial charge in [0, 0.05) is 29.0 Å². The lowest BCUT2D eigenvalue weighted by Gasteiger charge is -2.06. The topological polar surface area (TPSA) is 41.6 Å². The normalized spacial score (nSPS) is 10.7. The average Bonchev–Trinajstić information content (AvgIpc) is 2.37. The van der Waals surface area contributed by atoms with Crippen molar-refractivity contribution < 1.29 is 0 Å². The molecule has 0 spiro atoms. The standard InChI is InChI=1S/C14H11N3S/c1-9-7-13(17-14(18)16-9)12-4-2-3-10-8-15-6-5-11(10)12/h2-8H,1H3,(H,16,17,18). The molecule has 0 saturated carbocycles. The molecule has 0 fully saturated rings. The summed E-state index contributed by atoms with van der Waals surface area (Å²) in [5, 5.41) is 2.24. The van der Waals surface area contributed by atoms with Gasteiger partial charge in [0.1, 0.15) is 0 Å². The fourth-order valence-electron chi connectivity index (χ4n) is 2.06. The number of pyridine rings is 1. The molecular formula is C14H11N3S. The molecule has 3 aromatic rings. The van der Waals surface area contributed by atoms with Gasteiger partial charge in [0.2, 0.25) is 0 Å². The van der Waals surface area contributed by atoms with E-state index in [-0.39, 0.29) is 0 Å². The van der Waals surface area contributed by atoms with Gasteiger partial charge in [-0.1, -0.05) is 18.2 Å². The fourth-order valence-corrected chi connectivity index (χ4v) is 2.32. The molecule has 0 unspecified atom stereocenters. The number of fused-ring (bicyclic) bond motifs is 1. The summed E-state index contributed by atoms with van der Waals surface area (Å²) in [5.41, 5.74) is 2.99. The number of aromatic nitrogens is 3. The zero-order valence-electron chi connectivity index (χ0n) is 9.84. The third kappa shape index (κ3) is 1.91. The quantitative estimate of drug-likeness (QED) is 0.673. The molecule has 18 heavy (non-hydrogen) atoms. The molecule has 0 bridgehead atoms. The van der Waals surface area contributed by atoms with Crippen molar-refractivity contribution in [3.8, 4) is 11.3 Å². The Morgan fingerprint density at radius 3 is 2.94 bits per heavy atom. The van der Waals surface area contributed by atoms with E-state index in [9.17, 15) is 0 Å². The lowest BCUT2D eigenvalue weighted by atomic mass is 10.0. The number of H-pyrrole nitrogens is 1. The number of aryl methyl sites for hydroxylation is 1. The predicted molar refractivity (Wildman–Crippen MR) is 74.9 cm³/mol. The molecule has 1 N–H and O–H groups in total. The van der Waals surface area contributed by atoms with Crippen LogP contribution in [0.2, 0.25) is 0 Å². The highest BCUT2D eigenvalue weighted by Crippen LogP contribution is 2.26. The zero-order chi connectivity index (χ0) is 12.5. The summed E-state index contributed by atoms with van der Waals surface area (Å²) in [6, 6.07) is 10.1. The Morgan fingerprint density at radius 2 is 2.11 bits per heavy atom. The highest BCUT2D eigenvalue weighted by molar-refractivity contribution is 7.71. The third-order valence-electron chi connectivity index (χ3n) is 2.84. The van der Waals surface area contributed by atoms with Crippen molar-refractivity contribution in [3.05, 3.63) is 53.2 Å². The predicted octanol–water partition coefficient (Wildman–Crippen LogP) is 3.66. The Morgan fingerprint density at radius 1 is 1.22 bits per heavy atom. The molecule has 0 saturated heterocycles. The monoisotopic (exact) mass is 253 g/mol. The van der Waals surface area contributed by atoms with Crippen LogP contribution in [-0.4, -0.2) is 15.0 Å². The van der Waals surface area contributed by atoms with Crippen LogP contribution in [0, 0.1) is 11.7 Å². The van der Waals surface area contributed by atoms with E-state index in [0.717, 1.165) is 27.7 Å². The van der Waals surface area contributed by atoms with E-state index in [1.54, 1.807) is 6.20 Å². The molecule has 4 heteroatoms. The maximum absolute atomic E-state index is 5.13. The molecule has 2 aromatic heterocycles. The van der Waals surface area contributed by atoms with E-state index < -0.39 is 0 Å². The summed E-state index contributed by atoms with van der Waals surface area (Å²) in [6.45, 7) is 1.98. The molecule has 88 valence electrons. The van der Waals surface area contributed by atoms with Crippen LogP contribution in [0.25, 0.3) is 22.0 Å².